The van der Waals surface area contributed by atoms with Gasteiger partial charge in [-0.1, -0.05) is 72.8 Å². The van der Waals surface area contributed by atoms with E-state index in [1.165, 1.54) is 0 Å². The van der Waals surface area contributed by atoms with Crippen molar-refractivity contribution in [3.05, 3.63) is 113 Å². The summed E-state index contributed by atoms with van der Waals surface area (Å²) < 4.78 is 11.0. The Bertz CT molecular complexity index is 1370. The van der Waals surface area contributed by atoms with Crippen LogP contribution < -0.4 is 10.1 Å². The summed E-state index contributed by atoms with van der Waals surface area (Å²) in [7, 11) is 0. The molecule has 0 bridgehead atoms. The lowest BCUT2D eigenvalue weighted by Crippen LogP contribution is -2.41. The summed E-state index contributed by atoms with van der Waals surface area (Å²) in [4.78, 5) is 25.7. The van der Waals surface area contributed by atoms with Gasteiger partial charge in [0.2, 0.25) is 0 Å². The molecule has 0 radical (unpaired) electrons. The molecule has 1 N–H and O–H groups in total. The molecule has 0 saturated heterocycles. The van der Waals surface area contributed by atoms with Gasteiger partial charge in [-0.3, -0.25) is 9.59 Å². The van der Waals surface area contributed by atoms with E-state index in [1.54, 1.807) is 6.92 Å². The summed E-state index contributed by atoms with van der Waals surface area (Å²) in [6, 6.07) is 29.6. The van der Waals surface area contributed by atoms with Crippen LogP contribution >= 0.6 is 0 Å². The standard InChI is InChI=1S/C32H33NO4/c1-4-36-30(34)20-19-25-18-17-23(22-37-26-13-6-5-7-14-26)21-28(25)31(35)33-32(2,3)29-16-10-12-24-11-8-9-15-27(24)29/h5-18,21H,4,19-20,22H2,1-3H3,(H,33,35). The molecule has 5 nitrogen and oxygen atoms in total. The molecule has 4 rings (SSSR count). The molecule has 0 aliphatic heterocycles. The molecule has 0 heterocycles. The molecule has 0 aliphatic rings. The van der Waals surface area contributed by atoms with Crippen LogP contribution in [-0.2, 0) is 28.1 Å². The fourth-order valence-electron chi connectivity index (χ4n) is 4.48. The lowest BCUT2D eigenvalue weighted by atomic mass is 9.88. The maximum Gasteiger partial charge on any atom is 0.306 e. The van der Waals surface area contributed by atoms with E-state index in [0.29, 0.717) is 25.2 Å². The number of para-hydroxylation sites is 1. The van der Waals surface area contributed by atoms with Crippen molar-refractivity contribution >= 4 is 22.6 Å². The number of hydrogen-bond donors (Lipinski definition) is 1. The van der Waals surface area contributed by atoms with Crippen molar-refractivity contribution in [1.29, 1.82) is 0 Å². The molecule has 0 aliphatic carbocycles. The highest BCUT2D eigenvalue weighted by Gasteiger charge is 2.26. The van der Waals surface area contributed by atoms with Gasteiger partial charge in [0.1, 0.15) is 12.4 Å². The molecule has 4 aromatic rings. The van der Waals surface area contributed by atoms with Crippen molar-refractivity contribution < 1.29 is 19.1 Å². The number of benzene rings is 4. The Balaban J connectivity index is 1.60. The van der Waals surface area contributed by atoms with E-state index in [2.05, 4.69) is 29.6 Å². The Morgan fingerprint density at radius 3 is 2.38 bits per heavy atom. The molecule has 0 fully saturated rings. The number of amides is 1. The second-order valence-electron chi connectivity index (χ2n) is 9.50. The average molecular weight is 496 g/mol. The normalized spacial score (nSPS) is 11.2. The van der Waals surface area contributed by atoms with Crippen molar-refractivity contribution in [2.45, 2.75) is 45.8 Å². The average Bonchev–Trinajstić information content (AvgIpc) is 2.91. The summed E-state index contributed by atoms with van der Waals surface area (Å²) in [6.07, 6.45) is 0.622. The highest BCUT2D eigenvalue weighted by Crippen LogP contribution is 2.29. The molecule has 0 spiro atoms. The highest BCUT2D eigenvalue weighted by molar-refractivity contribution is 5.97. The van der Waals surface area contributed by atoms with Gasteiger partial charge in [-0.25, -0.2) is 0 Å². The first kappa shape index (κ1) is 26.0. The summed E-state index contributed by atoms with van der Waals surface area (Å²) >= 11 is 0. The lowest BCUT2D eigenvalue weighted by molar-refractivity contribution is -0.143. The molecule has 190 valence electrons. The minimum atomic E-state index is -0.632. The molecule has 0 aromatic heterocycles. The molecule has 4 aromatic carbocycles. The van der Waals surface area contributed by atoms with E-state index in [9.17, 15) is 9.59 Å². The van der Waals surface area contributed by atoms with Crippen LogP contribution in [0.25, 0.3) is 10.8 Å². The van der Waals surface area contributed by atoms with Crippen molar-refractivity contribution in [2.24, 2.45) is 0 Å². The zero-order chi connectivity index (χ0) is 26.3. The van der Waals surface area contributed by atoms with E-state index in [0.717, 1.165) is 33.2 Å². The van der Waals surface area contributed by atoms with Crippen LogP contribution in [-0.4, -0.2) is 18.5 Å². The largest absolute Gasteiger partial charge is 0.489 e. The number of nitrogens with one attached hydrogen (secondary N) is 1. The Labute approximate surface area is 218 Å². The van der Waals surface area contributed by atoms with Crippen LogP contribution in [0, 0.1) is 0 Å². The Morgan fingerprint density at radius 1 is 0.865 bits per heavy atom. The number of carbonyl (C=O) groups excluding carboxylic acids is 2. The monoisotopic (exact) mass is 495 g/mol. The third-order valence-corrected chi connectivity index (χ3v) is 6.36. The van der Waals surface area contributed by atoms with E-state index < -0.39 is 5.54 Å². The van der Waals surface area contributed by atoms with Gasteiger partial charge < -0.3 is 14.8 Å². The number of esters is 1. The first-order valence-corrected chi connectivity index (χ1v) is 12.6. The number of hydrogen-bond acceptors (Lipinski definition) is 4. The summed E-state index contributed by atoms with van der Waals surface area (Å²) in [5, 5.41) is 5.46. The molecular weight excluding hydrogens is 462 g/mol. The van der Waals surface area contributed by atoms with E-state index >= 15 is 0 Å². The number of carbonyl (C=O) groups is 2. The van der Waals surface area contributed by atoms with Crippen LogP contribution in [0.4, 0.5) is 0 Å². The fourth-order valence-corrected chi connectivity index (χ4v) is 4.48. The van der Waals surface area contributed by atoms with Gasteiger partial charge in [0.25, 0.3) is 5.91 Å². The molecule has 0 saturated carbocycles. The second-order valence-corrected chi connectivity index (χ2v) is 9.50. The van der Waals surface area contributed by atoms with Crippen LogP contribution in [0.3, 0.4) is 0 Å². The minimum absolute atomic E-state index is 0.196. The van der Waals surface area contributed by atoms with Crippen LogP contribution in [0.1, 0.15) is 54.2 Å². The summed E-state index contributed by atoms with van der Waals surface area (Å²) in [5.74, 6) is 0.289. The SMILES string of the molecule is CCOC(=O)CCc1ccc(COc2ccccc2)cc1C(=O)NC(C)(C)c1cccc2ccccc12. The first-order valence-electron chi connectivity index (χ1n) is 12.6. The predicted octanol–water partition coefficient (Wildman–Crippen LogP) is 6.58. The maximum absolute atomic E-state index is 13.7. The van der Waals surface area contributed by atoms with E-state index in [1.807, 2.05) is 80.6 Å². The van der Waals surface area contributed by atoms with Gasteiger partial charge >= 0.3 is 5.97 Å². The van der Waals surface area contributed by atoms with Crippen molar-refractivity contribution in [2.75, 3.05) is 6.61 Å². The molecule has 1 amide bonds. The second kappa shape index (κ2) is 11.7. The van der Waals surface area contributed by atoms with Gasteiger partial charge in [-0.05, 0) is 72.9 Å². The van der Waals surface area contributed by atoms with Crippen molar-refractivity contribution in [1.82, 2.24) is 5.32 Å². The minimum Gasteiger partial charge on any atom is -0.489 e. The number of aryl methyl sites for hydroxylation is 1. The topological polar surface area (TPSA) is 64.6 Å². The Kier molecular flexibility index (Phi) is 8.24. The van der Waals surface area contributed by atoms with Crippen LogP contribution in [0.5, 0.6) is 5.75 Å². The molecule has 37 heavy (non-hydrogen) atoms. The van der Waals surface area contributed by atoms with E-state index in [-0.39, 0.29) is 18.3 Å². The predicted molar refractivity (Wildman–Crippen MR) is 147 cm³/mol. The molecule has 0 atom stereocenters. The number of fused-ring (bicyclic) bond motifs is 1. The van der Waals surface area contributed by atoms with Crippen molar-refractivity contribution in [3.8, 4) is 5.75 Å². The molecule has 0 unspecified atom stereocenters. The quantitative estimate of drug-likeness (QED) is 0.252. The van der Waals surface area contributed by atoms with Crippen molar-refractivity contribution in [3.63, 3.8) is 0 Å². The maximum atomic E-state index is 13.7. The zero-order valence-electron chi connectivity index (χ0n) is 21.6. The molecular formula is C32H33NO4. The smallest absolute Gasteiger partial charge is 0.306 e. The first-order chi connectivity index (χ1) is 17.9. The van der Waals surface area contributed by atoms with E-state index in [4.69, 9.17) is 9.47 Å². The summed E-state index contributed by atoms with van der Waals surface area (Å²) in [6.45, 7) is 6.46. The Hall–Kier alpha value is -4.12. The van der Waals surface area contributed by atoms with Gasteiger partial charge in [0.05, 0.1) is 12.1 Å². The number of rotatable bonds is 10. The van der Waals surface area contributed by atoms with Gasteiger partial charge in [0, 0.05) is 12.0 Å². The van der Waals surface area contributed by atoms with Crippen LogP contribution in [0.2, 0.25) is 0 Å². The highest BCUT2D eigenvalue weighted by atomic mass is 16.5. The Morgan fingerprint density at radius 2 is 1.59 bits per heavy atom. The number of ether oxygens (including phenoxy) is 2. The summed E-state index contributed by atoms with van der Waals surface area (Å²) in [5.41, 5.74) is 2.61. The van der Waals surface area contributed by atoms with Gasteiger partial charge in [0.15, 0.2) is 0 Å². The third-order valence-electron chi connectivity index (χ3n) is 6.36. The lowest BCUT2D eigenvalue weighted by Gasteiger charge is -2.29. The van der Waals surface area contributed by atoms with Gasteiger partial charge in [-0.2, -0.15) is 0 Å². The fraction of sp³-hybridized carbons (Fsp3) is 0.250. The third kappa shape index (κ3) is 6.56. The van der Waals surface area contributed by atoms with Crippen LogP contribution in [0.15, 0.2) is 91.0 Å². The molecule has 5 heteroatoms. The zero-order valence-corrected chi connectivity index (χ0v) is 21.6. The van der Waals surface area contributed by atoms with Gasteiger partial charge in [-0.15, -0.1) is 0 Å².